The maximum absolute atomic E-state index is 11.4. The average molecular weight is 611 g/mol. The molecule has 0 saturated carbocycles. The molecule has 10 heteroatoms. The number of benzene rings is 4. The van der Waals surface area contributed by atoms with E-state index in [2.05, 4.69) is 13.8 Å². The van der Waals surface area contributed by atoms with Gasteiger partial charge in [-0.3, -0.25) is 0 Å². The van der Waals surface area contributed by atoms with Gasteiger partial charge in [0.2, 0.25) is 0 Å². The summed E-state index contributed by atoms with van der Waals surface area (Å²) in [5.74, 6) is 1.65. The Labute approximate surface area is 251 Å². The molecule has 0 radical (unpaired) electrons. The number of ether oxygens (including phenoxy) is 2. The molecular formula is C30H30N2O4S4. The number of aromatic hydroxyl groups is 2. The summed E-state index contributed by atoms with van der Waals surface area (Å²) in [6.07, 6.45) is 1.66. The van der Waals surface area contributed by atoms with Crippen LogP contribution in [0, 0.1) is 0 Å². The summed E-state index contributed by atoms with van der Waals surface area (Å²) in [5.41, 5.74) is 13.8. The molecule has 208 valence electrons. The van der Waals surface area contributed by atoms with Crippen molar-refractivity contribution in [2.45, 2.75) is 65.9 Å². The zero-order chi connectivity index (χ0) is 28.2. The van der Waals surface area contributed by atoms with Crippen molar-refractivity contribution >= 4 is 58.4 Å². The van der Waals surface area contributed by atoms with Crippen LogP contribution >= 0.6 is 47.0 Å². The lowest BCUT2D eigenvalue weighted by atomic mass is 10.3. The molecule has 4 aromatic carbocycles. The number of hydrogen-bond acceptors (Lipinski definition) is 10. The lowest BCUT2D eigenvalue weighted by Gasteiger charge is -2.19. The number of para-hydroxylation sites is 2. The Morgan fingerprint density at radius 2 is 0.850 bits per heavy atom. The minimum atomic E-state index is 0.144. The summed E-state index contributed by atoms with van der Waals surface area (Å²) in [5, 5.41) is 22.8. The van der Waals surface area contributed by atoms with Crippen LogP contribution in [-0.2, 0) is 0 Å². The SMILES string of the molecule is CCCOc1c2cccc1Sc1cc(N)cc(c1O)Sc1cccc(c1OCCC)Sc1cc(N)cc(c1O)S2. The Bertz CT molecular complexity index is 1340. The van der Waals surface area contributed by atoms with Crippen molar-refractivity contribution in [1.29, 1.82) is 0 Å². The number of fused-ring (bicyclic) bond motifs is 8. The highest BCUT2D eigenvalue weighted by Gasteiger charge is 2.22. The van der Waals surface area contributed by atoms with E-state index in [0.29, 0.717) is 55.7 Å². The van der Waals surface area contributed by atoms with E-state index in [4.69, 9.17) is 20.9 Å². The first-order valence-electron chi connectivity index (χ1n) is 12.9. The van der Waals surface area contributed by atoms with E-state index in [-0.39, 0.29) is 11.5 Å². The van der Waals surface area contributed by atoms with Gasteiger partial charge in [-0.2, -0.15) is 0 Å². The molecule has 0 amide bonds. The number of nitrogens with two attached hydrogens (primary N) is 2. The summed E-state index contributed by atoms with van der Waals surface area (Å²) < 4.78 is 12.5. The number of rotatable bonds is 6. The third-order valence-electron chi connectivity index (χ3n) is 5.79. The molecule has 1 heterocycles. The van der Waals surface area contributed by atoms with Crippen LogP contribution in [0.1, 0.15) is 26.7 Å². The first kappa shape index (κ1) is 28.6. The van der Waals surface area contributed by atoms with Gasteiger partial charge in [0.25, 0.3) is 0 Å². The van der Waals surface area contributed by atoms with Gasteiger partial charge in [0.15, 0.2) is 0 Å². The second-order valence-electron chi connectivity index (χ2n) is 9.00. The molecule has 4 aromatic rings. The smallest absolute Gasteiger partial charge is 0.147 e. The topological polar surface area (TPSA) is 111 Å². The molecule has 8 bridgehead atoms. The van der Waals surface area contributed by atoms with Gasteiger partial charge >= 0.3 is 0 Å². The van der Waals surface area contributed by atoms with Gasteiger partial charge in [-0.05, 0) is 61.4 Å². The minimum Gasteiger partial charge on any atom is -0.506 e. The molecule has 40 heavy (non-hydrogen) atoms. The van der Waals surface area contributed by atoms with Crippen LogP contribution in [0.2, 0.25) is 0 Å². The first-order chi connectivity index (χ1) is 19.4. The van der Waals surface area contributed by atoms with Gasteiger partial charge in [0, 0.05) is 11.4 Å². The third kappa shape index (κ3) is 6.20. The zero-order valence-corrected chi connectivity index (χ0v) is 25.4. The molecule has 0 atom stereocenters. The van der Waals surface area contributed by atoms with Gasteiger partial charge in [-0.25, -0.2) is 0 Å². The number of nitrogen functional groups attached to an aromatic ring is 2. The summed E-state index contributed by atoms with van der Waals surface area (Å²) in [6.45, 7) is 5.14. The number of hydrogen-bond donors (Lipinski definition) is 4. The molecule has 0 aliphatic carbocycles. The van der Waals surface area contributed by atoms with E-state index in [9.17, 15) is 10.2 Å². The van der Waals surface area contributed by atoms with Crippen molar-refractivity contribution in [2.75, 3.05) is 24.7 Å². The van der Waals surface area contributed by atoms with Crippen molar-refractivity contribution in [1.82, 2.24) is 0 Å². The molecule has 1 aliphatic rings. The minimum absolute atomic E-state index is 0.144. The molecule has 0 aromatic heterocycles. The average Bonchev–Trinajstić information content (AvgIpc) is 2.92. The Hall–Kier alpha value is -2.92. The molecule has 6 nitrogen and oxygen atoms in total. The van der Waals surface area contributed by atoms with E-state index >= 15 is 0 Å². The Morgan fingerprint density at radius 3 is 1.12 bits per heavy atom. The summed E-state index contributed by atoms with van der Waals surface area (Å²) in [6, 6.07) is 18.8. The number of phenols is 2. The molecule has 5 rings (SSSR count). The Kier molecular flexibility index (Phi) is 9.10. The van der Waals surface area contributed by atoms with Crippen LogP contribution < -0.4 is 20.9 Å². The lowest BCUT2D eigenvalue weighted by molar-refractivity contribution is 0.302. The van der Waals surface area contributed by atoms with E-state index in [0.717, 1.165) is 32.4 Å². The van der Waals surface area contributed by atoms with Crippen molar-refractivity contribution in [2.24, 2.45) is 0 Å². The van der Waals surface area contributed by atoms with Gasteiger partial charge in [0.1, 0.15) is 23.0 Å². The van der Waals surface area contributed by atoms with Crippen LogP contribution in [0.15, 0.2) is 99.8 Å². The van der Waals surface area contributed by atoms with Crippen LogP contribution in [0.25, 0.3) is 0 Å². The highest BCUT2D eigenvalue weighted by atomic mass is 32.2. The molecule has 0 spiro atoms. The fraction of sp³-hybridized carbons (Fsp3) is 0.200. The highest BCUT2D eigenvalue weighted by molar-refractivity contribution is 8.01. The third-order valence-corrected chi connectivity index (χ3v) is 10.1. The first-order valence-corrected chi connectivity index (χ1v) is 16.1. The predicted octanol–water partition coefficient (Wildman–Crippen LogP) is 8.76. The second kappa shape index (κ2) is 12.7. The molecular weight excluding hydrogens is 581 g/mol. The van der Waals surface area contributed by atoms with E-state index in [1.807, 2.05) is 36.4 Å². The van der Waals surface area contributed by atoms with Gasteiger partial charge < -0.3 is 31.2 Å². The predicted molar refractivity (Wildman–Crippen MR) is 166 cm³/mol. The Balaban J connectivity index is 1.75. The summed E-state index contributed by atoms with van der Waals surface area (Å²) in [4.78, 5) is 5.79. The zero-order valence-electron chi connectivity index (χ0n) is 22.1. The second-order valence-corrected chi connectivity index (χ2v) is 13.3. The van der Waals surface area contributed by atoms with E-state index < -0.39 is 0 Å². The van der Waals surface area contributed by atoms with E-state index in [1.54, 1.807) is 24.3 Å². The van der Waals surface area contributed by atoms with E-state index in [1.165, 1.54) is 47.0 Å². The monoisotopic (exact) mass is 610 g/mol. The van der Waals surface area contributed by atoms with Gasteiger partial charge in [-0.1, -0.05) is 73.0 Å². The molecule has 0 unspecified atom stereocenters. The Morgan fingerprint density at radius 1 is 0.550 bits per heavy atom. The van der Waals surface area contributed by atoms with Crippen molar-refractivity contribution in [3.05, 3.63) is 60.7 Å². The molecule has 0 fully saturated rings. The van der Waals surface area contributed by atoms with Crippen molar-refractivity contribution in [3.8, 4) is 23.0 Å². The lowest BCUT2D eigenvalue weighted by Crippen LogP contribution is -1.99. The molecule has 0 saturated heterocycles. The fourth-order valence-electron chi connectivity index (χ4n) is 4.00. The van der Waals surface area contributed by atoms with Crippen LogP contribution in [0.3, 0.4) is 0 Å². The highest BCUT2D eigenvalue weighted by Crippen LogP contribution is 2.53. The quantitative estimate of drug-likeness (QED) is 0.110. The molecule has 6 N–H and O–H groups in total. The van der Waals surface area contributed by atoms with Crippen molar-refractivity contribution < 1.29 is 19.7 Å². The summed E-state index contributed by atoms with van der Waals surface area (Å²) >= 11 is 5.56. The van der Waals surface area contributed by atoms with Crippen LogP contribution in [0.5, 0.6) is 23.0 Å². The van der Waals surface area contributed by atoms with Gasteiger partial charge in [-0.15, -0.1) is 0 Å². The van der Waals surface area contributed by atoms with Crippen LogP contribution in [0.4, 0.5) is 11.4 Å². The number of phenolic OH excluding ortho intramolecular Hbond substituents is 2. The maximum Gasteiger partial charge on any atom is 0.147 e. The van der Waals surface area contributed by atoms with Crippen LogP contribution in [-0.4, -0.2) is 23.4 Å². The van der Waals surface area contributed by atoms with Gasteiger partial charge in [0.05, 0.1) is 52.4 Å². The largest absolute Gasteiger partial charge is 0.506 e. The molecule has 1 aliphatic heterocycles. The standard InChI is InChI=1S/C30H30N2O4S4/c1-3-11-35-29-19-7-5-8-20(29)38-24-14-18(32)16-26(28(24)34)40-22-10-6-9-21(30(22)36-12-4-2)39-25-15-17(31)13-23(37-19)27(25)33/h5-10,13-16,33-34H,3-4,11-12,31-32H2,1-2H3. The number of anilines is 2. The van der Waals surface area contributed by atoms with Crippen molar-refractivity contribution in [3.63, 3.8) is 0 Å². The summed E-state index contributed by atoms with van der Waals surface area (Å²) in [7, 11) is 0. The normalized spacial score (nSPS) is 12.7. The fourth-order valence-corrected chi connectivity index (χ4v) is 8.44. The maximum atomic E-state index is 11.4.